The average Bonchev–Trinajstić information content (AvgIpc) is 2.48. The summed E-state index contributed by atoms with van der Waals surface area (Å²) in [7, 11) is 0. The molecule has 106 valence electrons. The lowest BCUT2D eigenvalue weighted by Crippen LogP contribution is -2.15. The second-order valence-electron chi connectivity index (χ2n) is 4.29. The summed E-state index contributed by atoms with van der Waals surface area (Å²) in [5.74, 6) is 4.59. The smallest absolute Gasteiger partial charge is 0.255 e. The monoisotopic (exact) mass is 285 g/mol. The summed E-state index contributed by atoms with van der Waals surface area (Å²) in [6.45, 7) is 1.73. The Hall–Kier alpha value is -2.98. The van der Waals surface area contributed by atoms with Crippen molar-refractivity contribution in [2.45, 2.75) is 6.92 Å². The van der Waals surface area contributed by atoms with Crippen LogP contribution in [-0.2, 0) is 0 Å². The van der Waals surface area contributed by atoms with Crippen LogP contribution in [0.25, 0.3) is 0 Å². The Labute approximate surface area is 120 Å². The van der Waals surface area contributed by atoms with Crippen LogP contribution in [0.2, 0.25) is 0 Å². The van der Waals surface area contributed by atoms with Gasteiger partial charge in [-0.05, 0) is 37.3 Å². The Kier molecular flexibility index (Phi) is 4.11. The van der Waals surface area contributed by atoms with Gasteiger partial charge >= 0.3 is 0 Å². The molecule has 0 fully saturated rings. The van der Waals surface area contributed by atoms with E-state index in [1.165, 1.54) is 18.2 Å². The van der Waals surface area contributed by atoms with Gasteiger partial charge in [0, 0.05) is 16.9 Å². The van der Waals surface area contributed by atoms with E-state index in [0.29, 0.717) is 22.8 Å². The number of hydrazine groups is 1. The zero-order valence-electron chi connectivity index (χ0n) is 11.1. The molecule has 0 bridgehead atoms. The van der Waals surface area contributed by atoms with Gasteiger partial charge in [0.15, 0.2) is 0 Å². The van der Waals surface area contributed by atoms with Gasteiger partial charge in [-0.2, -0.15) is 5.26 Å². The third-order valence-corrected chi connectivity index (χ3v) is 2.71. The van der Waals surface area contributed by atoms with E-state index in [9.17, 15) is 9.18 Å². The number of aromatic nitrogens is 1. The zero-order chi connectivity index (χ0) is 15.4. The fourth-order valence-corrected chi connectivity index (χ4v) is 1.77. The lowest BCUT2D eigenvalue weighted by Gasteiger charge is -2.08. The highest BCUT2D eigenvalue weighted by atomic mass is 19.1. The number of nitrogens with two attached hydrogens (primary N) is 1. The molecule has 2 rings (SSSR count). The minimum atomic E-state index is -0.634. The maximum Gasteiger partial charge on any atom is 0.255 e. The van der Waals surface area contributed by atoms with Crippen molar-refractivity contribution in [3.05, 3.63) is 53.0 Å². The van der Waals surface area contributed by atoms with Crippen LogP contribution < -0.4 is 16.6 Å². The van der Waals surface area contributed by atoms with E-state index in [4.69, 9.17) is 11.1 Å². The molecule has 0 radical (unpaired) electrons. The van der Waals surface area contributed by atoms with Crippen LogP contribution in [0.3, 0.4) is 0 Å². The molecule has 1 amide bonds. The van der Waals surface area contributed by atoms with Gasteiger partial charge in [-0.1, -0.05) is 0 Å². The number of nitrogens with zero attached hydrogens (tertiary/aromatic N) is 2. The molecule has 0 spiro atoms. The van der Waals surface area contributed by atoms with Gasteiger partial charge in [0.1, 0.15) is 17.7 Å². The fraction of sp³-hybridized carbons (Fsp3) is 0.0714. The van der Waals surface area contributed by atoms with Crippen LogP contribution in [0.1, 0.15) is 21.6 Å². The number of halogens is 1. The number of hydrogen-bond donors (Lipinski definition) is 3. The van der Waals surface area contributed by atoms with Gasteiger partial charge in [0.2, 0.25) is 0 Å². The van der Waals surface area contributed by atoms with Crippen molar-refractivity contribution < 1.29 is 9.18 Å². The van der Waals surface area contributed by atoms with Gasteiger partial charge < -0.3 is 10.7 Å². The number of nitrogens with one attached hydrogen (secondary N) is 2. The van der Waals surface area contributed by atoms with Gasteiger partial charge in [-0.15, -0.1) is 0 Å². The van der Waals surface area contributed by atoms with E-state index in [-0.39, 0.29) is 5.56 Å². The molecule has 7 heteroatoms. The number of hydrogen-bond acceptors (Lipinski definition) is 5. The van der Waals surface area contributed by atoms with E-state index in [1.807, 2.05) is 0 Å². The number of carbonyl (C=O) groups excluding carboxylic acids is 1. The molecule has 0 aliphatic rings. The Morgan fingerprint density at radius 2 is 2.14 bits per heavy atom. The van der Waals surface area contributed by atoms with Crippen molar-refractivity contribution in [1.29, 1.82) is 5.26 Å². The van der Waals surface area contributed by atoms with Crippen LogP contribution in [0.4, 0.5) is 15.9 Å². The van der Waals surface area contributed by atoms with Crippen LogP contribution in [-0.4, -0.2) is 10.9 Å². The SMILES string of the molecule is Cc1cc(C(=O)Nc2ccc(F)c(C#N)c2)cc(NN)n1. The normalized spacial score (nSPS) is 9.81. The second kappa shape index (κ2) is 5.98. The first-order valence-electron chi connectivity index (χ1n) is 6.00. The van der Waals surface area contributed by atoms with Crippen molar-refractivity contribution in [1.82, 2.24) is 4.98 Å². The standard InChI is InChI=1S/C14H12FN5O/c1-8-4-9(6-13(18-8)20-17)14(21)19-11-2-3-12(15)10(5-11)7-16/h2-6H,17H2,1H3,(H,18,20)(H,19,21). The van der Waals surface area contributed by atoms with E-state index < -0.39 is 11.7 Å². The molecule has 0 aliphatic heterocycles. The molecular weight excluding hydrogens is 273 g/mol. The number of aryl methyl sites for hydroxylation is 1. The third-order valence-electron chi connectivity index (χ3n) is 2.71. The molecule has 0 atom stereocenters. The predicted molar refractivity (Wildman–Crippen MR) is 75.9 cm³/mol. The molecule has 4 N–H and O–H groups in total. The minimum absolute atomic E-state index is 0.136. The third kappa shape index (κ3) is 3.32. The van der Waals surface area contributed by atoms with Crippen molar-refractivity contribution in [2.24, 2.45) is 5.84 Å². The van der Waals surface area contributed by atoms with Gasteiger partial charge in [-0.25, -0.2) is 15.2 Å². The maximum absolute atomic E-state index is 13.2. The van der Waals surface area contributed by atoms with Crippen molar-refractivity contribution in [2.75, 3.05) is 10.7 Å². The summed E-state index contributed by atoms with van der Waals surface area (Å²) >= 11 is 0. The minimum Gasteiger partial charge on any atom is -0.322 e. The number of amides is 1. The molecule has 1 aromatic carbocycles. The first-order chi connectivity index (χ1) is 10.0. The zero-order valence-corrected chi connectivity index (χ0v) is 11.1. The lowest BCUT2D eigenvalue weighted by molar-refractivity contribution is 0.102. The highest BCUT2D eigenvalue weighted by molar-refractivity contribution is 6.04. The summed E-state index contributed by atoms with van der Waals surface area (Å²) in [5.41, 5.74) is 3.52. The highest BCUT2D eigenvalue weighted by Crippen LogP contribution is 2.16. The number of anilines is 2. The Bertz CT molecular complexity index is 739. The van der Waals surface area contributed by atoms with Crippen LogP contribution >= 0.6 is 0 Å². The van der Waals surface area contributed by atoms with E-state index in [1.54, 1.807) is 19.1 Å². The number of benzene rings is 1. The Balaban J connectivity index is 2.26. The molecule has 21 heavy (non-hydrogen) atoms. The summed E-state index contributed by atoms with van der Waals surface area (Å²) < 4.78 is 13.2. The first kappa shape index (κ1) is 14.4. The van der Waals surface area contributed by atoms with Crippen molar-refractivity contribution in [3.63, 3.8) is 0 Å². The molecule has 1 heterocycles. The number of carbonyl (C=O) groups is 1. The maximum atomic E-state index is 13.2. The van der Waals surface area contributed by atoms with Crippen molar-refractivity contribution >= 4 is 17.4 Å². The van der Waals surface area contributed by atoms with Crippen LogP contribution in [0.15, 0.2) is 30.3 Å². The van der Waals surface area contributed by atoms with E-state index >= 15 is 0 Å². The summed E-state index contributed by atoms with van der Waals surface area (Å²) in [5, 5.41) is 11.4. The van der Waals surface area contributed by atoms with Crippen molar-refractivity contribution in [3.8, 4) is 6.07 Å². The topological polar surface area (TPSA) is 104 Å². The van der Waals surface area contributed by atoms with Gasteiger partial charge in [-0.3, -0.25) is 4.79 Å². The molecule has 0 saturated heterocycles. The summed E-state index contributed by atoms with van der Waals surface area (Å²) in [6, 6.07) is 8.55. The summed E-state index contributed by atoms with van der Waals surface area (Å²) in [6.07, 6.45) is 0. The van der Waals surface area contributed by atoms with E-state index in [2.05, 4.69) is 15.7 Å². The van der Waals surface area contributed by atoms with Gasteiger partial charge in [0.25, 0.3) is 5.91 Å². The first-order valence-corrected chi connectivity index (χ1v) is 6.00. The average molecular weight is 285 g/mol. The molecule has 6 nitrogen and oxygen atoms in total. The Morgan fingerprint density at radius 1 is 1.38 bits per heavy atom. The molecular formula is C14H12FN5O. The summed E-state index contributed by atoms with van der Waals surface area (Å²) in [4.78, 5) is 16.2. The Morgan fingerprint density at radius 3 is 2.81 bits per heavy atom. The molecule has 2 aromatic rings. The van der Waals surface area contributed by atoms with E-state index in [0.717, 1.165) is 6.07 Å². The number of pyridine rings is 1. The molecule has 0 unspecified atom stereocenters. The van der Waals surface area contributed by atoms with Crippen LogP contribution in [0.5, 0.6) is 0 Å². The molecule has 0 saturated carbocycles. The molecule has 1 aromatic heterocycles. The largest absolute Gasteiger partial charge is 0.322 e. The van der Waals surface area contributed by atoms with Gasteiger partial charge in [0.05, 0.1) is 5.56 Å². The fourth-order valence-electron chi connectivity index (χ4n) is 1.77. The number of nitriles is 1. The number of nitrogen functional groups attached to an aromatic ring is 1. The second-order valence-corrected chi connectivity index (χ2v) is 4.29. The highest BCUT2D eigenvalue weighted by Gasteiger charge is 2.10. The lowest BCUT2D eigenvalue weighted by atomic mass is 10.1. The van der Waals surface area contributed by atoms with Crippen LogP contribution in [0, 0.1) is 24.1 Å². The predicted octanol–water partition coefficient (Wildman–Crippen LogP) is 1.94. The molecule has 0 aliphatic carbocycles. The quantitative estimate of drug-likeness (QED) is 0.590. The number of rotatable bonds is 3.